The van der Waals surface area contributed by atoms with Gasteiger partial charge in [-0.15, -0.1) is 0 Å². The number of H-pyrrole nitrogens is 1. The lowest BCUT2D eigenvalue weighted by Crippen LogP contribution is -2.44. The fraction of sp³-hybridized carbons (Fsp3) is 0.167. The van der Waals surface area contributed by atoms with Crippen LogP contribution in [0, 0.1) is 6.92 Å². The molecule has 2 N–H and O–H groups in total. The maximum Gasteiger partial charge on any atom is 0.323 e. The molecule has 5 aromatic carbocycles. The van der Waals surface area contributed by atoms with Gasteiger partial charge in [0.1, 0.15) is 24.1 Å². The topological polar surface area (TPSA) is 114 Å². The number of aromatic amines is 1. The van der Waals surface area contributed by atoms with Gasteiger partial charge in [-0.25, -0.2) is 12.4 Å². The number of aromatic hydroxyl groups is 1. The Bertz CT molecular complexity index is 2530. The standard InChI is InChI=1S/C42H37N3O6S/c1-27-13-16-32(17-14-27)52(48,49)45-25-34(33-22-31(15-19-36(33)45)51-26-29-11-7-4-8-12-29)41-40-38(46)20-18-35-39(40)30(23-43-35)21-37(42(47)50-2)44(41)24-28-9-5-3-6-10-28/h3-20,22-23,25,37,41,43,46H,21,24,26H2,1-2H3. The molecule has 10 heteroatoms. The number of hydrogen-bond donors (Lipinski definition) is 2. The van der Waals surface area contributed by atoms with Crippen LogP contribution in [0.25, 0.3) is 21.8 Å². The molecule has 0 amide bonds. The predicted octanol–water partition coefficient (Wildman–Crippen LogP) is 7.64. The number of carbonyl (C=O) groups is 1. The second-order valence-electron chi connectivity index (χ2n) is 13.2. The molecule has 52 heavy (non-hydrogen) atoms. The van der Waals surface area contributed by atoms with Crippen molar-refractivity contribution in [2.45, 2.75) is 43.5 Å². The van der Waals surface area contributed by atoms with Crippen molar-refractivity contribution in [1.29, 1.82) is 0 Å². The van der Waals surface area contributed by atoms with Crippen LogP contribution >= 0.6 is 0 Å². The first-order valence-corrected chi connectivity index (χ1v) is 18.5. The average Bonchev–Trinajstić information content (AvgIpc) is 3.72. The van der Waals surface area contributed by atoms with E-state index < -0.39 is 28.1 Å². The summed E-state index contributed by atoms with van der Waals surface area (Å²) in [6.07, 6.45) is 3.80. The first-order chi connectivity index (χ1) is 25.2. The molecule has 1 aliphatic heterocycles. The highest BCUT2D eigenvalue weighted by atomic mass is 32.2. The number of ether oxygens (including phenoxy) is 2. The number of phenols is 1. The van der Waals surface area contributed by atoms with Gasteiger partial charge in [0.25, 0.3) is 10.0 Å². The lowest BCUT2D eigenvalue weighted by Gasteiger charge is -2.36. The summed E-state index contributed by atoms with van der Waals surface area (Å²) in [5.41, 5.74) is 6.08. The zero-order valence-corrected chi connectivity index (χ0v) is 29.5. The van der Waals surface area contributed by atoms with E-state index in [0.717, 1.165) is 33.2 Å². The number of rotatable bonds is 9. The van der Waals surface area contributed by atoms with Crippen LogP contribution in [-0.2, 0) is 39.1 Å². The number of aryl methyl sites for hydroxylation is 1. The van der Waals surface area contributed by atoms with Crippen molar-refractivity contribution in [2.75, 3.05) is 7.11 Å². The Balaban J connectivity index is 1.41. The number of benzene rings is 5. The van der Waals surface area contributed by atoms with Crippen LogP contribution in [0.1, 0.15) is 39.4 Å². The summed E-state index contributed by atoms with van der Waals surface area (Å²) in [6.45, 7) is 2.52. The first kappa shape index (κ1) is 33.3. The third-order valence-electron chi connectivity index (χ3n) is 9.94. The molecule has 9 nitrogen and oxygen atoms in total. The Morgan fingerprint density at radius 3 is 2.33 bits per heavy atom. The van der Waals surface area contributed by atoms with Gasteiger partial charge in [-0.2, -0.15) is 0 Å². The summed E-state index contributed by atoms with van der Waals surface area (Å²) in [7, 11) is -2.73. The zero-order valence-electron chi connectivity index (χ0n) is 28.7. The molecule has 0 saturated carbocycles. The summed E-state index contributed by atoms with van der Waals surface area (Å²) in [5.74, 6) is 0.131. The number of nitrogens with zero attached hydrogens (tertiary/aromatic N) is 2. The van der Waals surface area contributed by atoms with E-state index in [9.17, 15) is 18.3 Å². The van der Waals surface area contributed by atoms with Crippen molar-refractivity contribution >= 4 is 37.8 Å². The van der Waals surface area contributed by atoms with Gasteiger partial charge in [-0.05, 0) is 66.1 Å². The van der Waals surface area contributed by atoms with Crippen LogP contribution in [0.5, 0.6) is 11.5 Å². The Hall–Kier alpha value is -5.84. The molecule has 262 valence electrons. The first-order valence-electron chi connectivity index (χ1n) is 17.1. The van der Waals surface area contributed by atoms with Crippen molar-refractivity contribution in [2.24, 2.45) is 0 Å². The van der Waals surface area contributed by atoms with Crippen LogP contribution in [-0.4, -0.2) is 46.5 Å². The number of hydrogen-bond acceptors (Lipinski definition) is 7. The highest BCUT2D eigenvalue weighted by Gasteiger charge is 2.41. The number of phenolic OH excluding ortho intramolecular Hbond substituents is 1. The minimum atomic E-state index is -4.10. The van der Waals surface area contributed by atoms with Gasteiger partial charge in [0.15, 0.2) is 0 Å². The van der Waals surface area contributed by atoms with E-state index in [0.29, 0.717) is 47.4 Å². The van der Waals surface area contributed by atoms with Crippen molar-refractivity contribution in [1.82, 2.24) is 13.9 Å². The number of fused-ring (bicyclic) bond motifs is 1. The molecule has 0 aliphatic carbocycles. The molecular formula is C42H37N3O6S. The lowest BCUT2D eigenvalue weighted by atomic mass is 9.92. The fourth-order valence-corrected chi connectivity index (χ4v) is 8.76. The Kier molecular flexibility index (Phi) is 8.57. The van der Waals surface area contributed by atoms with Crippen molar-refractivity contribution < 1.29 is 27.8 Å². The lowest BCUT2D eigenvalue weighted by molar-refractivity contribution is -0.148. The minimum Gasteiger partial charge on any atom is -0.508 e. The number of nitrogens with one attached hydrogen (secondary N) is 1. The van der Waals surface area contributed by atoms with E-state index in [1.165, 1.54) is 11.1 Å². The third-order valence-corrected chi connectivity index (χ3v) is 11.6. The maximum absolute atomic E-state index is 14.5. The van der Waals surface area contributed by atoms with Gasteiger partial charge < -0.3 is 19.6 Å². The Labute approximate surface area is 301 Å². The Morgan fingerprint density at radius 2 is 1.62 bits per heavy atom. The maximum atomic E-state index is 14.5. The van der Waals surface area contributed by atoms with E-state index in [1.807, 2.05) is 90.8 Å². The summed E-state index contributed by atoms with van der Waals surface area (Å²) in [6, 6.07) is 33.6. The summed E-state index contributed by atoms with van der Waals surface area (Å²) >= 11 is 0. The third kappa shape index (κ3) is 5.89. The number of methoxy groups -OCH3 is 1. The number of carbonyl (C=O) groups excluding carboxylic acids is 1. The van der Waals surface area contributed by atoms with Crippen LogP contribution < -0.4 is 4.74 Å². The molecule has 0 bridgehead atoms. The van der Waals surface area contributed by atoms with E-state index in [-0.39, 0.29) is 10.6 Å². The Morgan fingerprint density at radius 1 is 0.904 bits per heavy atom. The summed E-state index contributed by atoms with van der Waals surface area (Å²) in [5, 5.41) is 13.2. The van der Waals surface area contributed by atoms with E-state index in [1.54, 1.807) is 48.7 Å². The van der Waals surface area contributed by atoms with Crippen LogP contribution in [0.2, 0.25) is 0 Å². The molecule has 0 saturated heterocycles. The highest BCUT2D eigenvalue weighted by molar-refractivity contribution is 7.90. The molecule has 8 rings (SSSR count). The van der Waals surface area contributed by atoms with Crippen LogP contribution in [0.3, 0.4) is 0 Å². The monoisotopic (exact) mass is 711 g/mol. The van der Waals surface area contributed by atoms with E-state index >= 15 is 0 Å². The van der Waals surface area contributed by atoms with Gasteiger partial charge in [0, 0.05) is 52.8 Å². The van der Waals surface area contributed by atoms with Gasteiger partial charge in [-0.3, -0.25) is 9.69 Å². The molecule has 2 atom stereocenters. The molecule has 0 fully saturated rings. The van der Waals surface area contributed by atoms with Crippen molar-refractivity contribution in [3.05, 3.63) is 161 Å². The second-order valence-corrected chi connectivity index (χ2v) is 15.0. The van der Waals surface area contributed by atoms with E-state index in [2.05, 4.69) is 4.98 Å². The average molecular weight is 712 g/mol. The normalized spacial score (nSPS) is 16.2. The molecule has 2 unspecified atom stereocenters. The van der Waals surface area contributed by atoms with Gasteiger partial charge >= 0.3 is 5.97 Å². The minimum absolute atomic E-state index is 0.0284. The smallest absolute Gasteiger partial charge is 0.323 e. The number of aromatic nitrogens is 2. The predicted molar refractivity (Wildman–Crippen MR) is 200 cm³/mol. The highest BCUT2D eigenvalue weighted by Crippen LogP contribution is 2.48. The largest absolute Gasteiger partial charge is 0.508 e. The molecule has 0 radical (unpaired) electrons. The summed E-state index contributed by atoms with van der Waals surface area (Å²) < 4.78 is 42.0. The molecule has 7 aromatic rings. The van der Waals surface area contributed by atoms with Crippen LogP contribution in [0.15, 0.2) is 133 Å². The molecular weight excluding hydrogens is 675 g/mol. The van der Waals surface area contributed by atoms with E-state index in [4.69, 9.17) is 9.47 Å². The quantitative estimate of drug-likeness (QED) is 0.148. The molecule has 1 aliphatic rings. The van der Waals surface area contributed by atoms with Crippen LogP contribution in [0.4, 0.5) is 0 Å². The number of esters is 1. The van der Waals surface area contributed by atoms with Gasteiger partial charge in [0.05, 0.1) is 23.6 Å². The van der Waals surface area contributed by atoms with Gasteiger partial charge in [0.2, 0.25) is 0 Å². The molecule has 0 spiro atoms. The SMILES string of the molecule is COC(=O)C1Cc2c[nH]c3ccc(O)c(c23)C(c2cn(S(=O)(=O)c3ccc(C)cc3)c3ccc(OCc4ccccc4)cc23)N1Cc1ccccc1. The molecule has 3 heterocycles. The second kappa shape index (κ2) is 13.4. The zero-order chi connectivity index (χ0) is 36.0. The fourth-order valence-electron chi connectivity index (χ4n) is 7.38. The van der Waals surface area contributed by atoms with Crippen molar-refractivity contribution in [3.8, 4) is 11.5 Å². The molecule has 2 aromatic heterocycles. The van der Waals surface area contributed by atoms with Gasteiger partial charge in [-0.1, -0.05) is 78.4 Å². The van der Waals surface area contributed by atoms with Crippen molar-refractivity contribution in [3.63, 3.8) is 0 Å². The summed E-state index contributed by atoms with van der Waals surface area (Å²) in [4.78, 5) is 19.3.